The van der Waals surface area contributed by atoms with Gasteiger partial charge in [-0.2, -0.15) is 0 Å². The van der Waals surface area contributed by atoms with Crippen molar-refractivity contribution in [3.63, 3.8) is 0 Å². The quantitative estimate of drug-likeness (QED) is 0.692. The molecule has 0 saturated heterocycles. The van der Waals surface area contributed by atoms with E-state index in [1.165, 1.54) is 12.2 Å². The molecule has 0 aromatic rings. The van der Waals surface area contributed by atoms with Gasteiger partial charge < -0.3 is 11.5 Å². The molecule has 1 saturated carbocycles. The fourth-order valence-corrected chi connectivity index (χ4v) is 2.10. The van der Waals surface area contributed by atoms with E-state index < -0.39 is 11.8 Å². The highest BCUT2D eigenvalue weighted by Gasteiger charge is 2.20. The highest BCUT2D eigenvalue weighted by molar-refractivity contribution is 5.86. The summed E-state index contributed by atoms with van der Waals surface area (Å²) in [6, 6.07) is 0. The van der Waals surface area contributed by atoms with Crippen LogP contribution in [0.4, 0.5) is 0 Å². The van der Waals surface area contributed by atoms with Crippen molar-refractivity contribution >= 4 is 11.8 Å². The SMILES string of the molecule is NC(=O)C=C[C@H]1CCCC[C@@H]1C=CC(N)=O. The topological polar surface area (TPSA) is 86.2 Å². The number of hydrogen-bond acceptors (Lipinski definition) is 2. The van der Waals surface area contributed by atoms with Crippen LogP contribution in [0.2, 0.25) is 0 Å². The Hall–Kier alpha value is -1.58. The fraction of sp³-hybridized carbons (Fsp3) is 0.500. The van der Waals surface area contributed by atoms with Crippen molar-refractivity contribution in [3.8, 4) is 0 Å². The highest BCUT2D eigenvalue weighted by atomic mass is 16.1. The summed E-state index contributed by atoms with van der Waals surface area (Å²) in [5, 5.41) is 0. The zero-order valence-corrected chi connectivity index (χ0v) is 9.26. The van der Waals surface area contributed by atoms with E-state index in [1.807, 2.05) is 12.2 Å². The molecule has 4 N–H and O–H groups in total. The van der Waals surface area contributed by atoms with Gasteiger partial charge in [0.1, 0.15) is 0 Å². The van der Waals surface area contributed by atoms with Crippen molar-refractivity contribution in [1.82, 2.24) is 0 Å². The molecular weight excluding hydrogens is 204 g/mol. The number of rotatable bonds is 4. The Morgan fingerprint density at radius 3 is 1.56 bits per heavy atom. The van der Waals surface area contributed by atoms with Crippen molar-refractivity contribution < 1.29 is 9.59 Å². The molecule has 0 aliphatic heterocycles. The van der Waals surface area contributed by atoms with Gasteiger partial charge in [-0.1, -0.05) is 25.0 Å². The lowest BCUT2D eigenvalue weighted by Crippen LogP contribution is -2.18. The zero-order valence-electron chi connectivity index (χ0n) is 9.26. The second-order valence-corrected chi connectivity index (χ2v) is 4.14. The van der Waals surface area contributed by atoms with Crippen LogP contribution >= 0.6 is 0 Å². The van der Waals surface area contributed by atoms with E-state index in [1.54, 1.807) is 0 Å². The Balaban J connectivity index is 2.63. The first kappa shape index (κ1) is 12.5. The first-order chi connectivity index (χ1) is 7.59. The summed E-state index contributed by atoms with van der Waals surface area (Å²) >= 11 is 0. The first-order valence-electron chi connectivity index (χ1n) is 5.55. The summed E-state index contributed by atoms with van der Waals surface area (Å²) in [5.41, 5.74) is 10.1. The van der Waals surface area contributed by atoms with Gasteiger partial charge in [0.2, 0.25) is 11.8 Å². The third-order valence-electron chi connectivity index (χ3n) is 2.89. The van der Waals surface area contributed by atoms with Crippen molar-refractivity contribution in [2.45, 2.75) is 25.7 Å². The summed E-state index contributed by atoms with van der Waals surface area (Å²) in [7, 11) is 0. The molecule has 0 unspecified atom stereocenters. The first-order valence-corrected chi connectivity index (χ1v) is 5.55. The molecule has 0 bridgehead atoms. The van der Waals surface area contributed by atoms with Crippen molar-refractivity contribution in [2.75, 3.05) is 0 Å². The van der Waals surface area contributed by atoms with Crippen LogP contribution in [-0.4, -0.2) is 11.8 Å². The van der Waals surface area contributed by atoms with Gasteiger partial charge in [0.25, 0.3) is 0 Å². The third kappa shape index (κ3) is 4.29. The standard InChI is InChI=1S/C12H18N2O2/c13-11(15)7-5-9-3-1-2-4-10(9)6-8-12(14)16/h5-10H,1-4H2,(H2,13,15)(H2,14,16)/t9-,10-/m1/s1. The van der Waals surface area contributed by atoms with Crippen LogP contribution < -0.4 is 11.5 Å². The molecule has 1 rings (SSSR count). The molecule has 1 aliphatic rings. The van der Waals surface area contributed by atoms with Crippen LogP contribution in [0.25, 0.3) is 0 Å². The van der Waals surface area contributed by atoms with Crippen molar-refractivity contribution in [3.05, 3.63) is 24.3 Å². The van der Waals surface area contributed by atoms with E-state index in [9.17, 15) is 9.59 Å². The summed E-state index contributed by atoms with van der Waals surface area (Å²) in [6.45, 7) is 0. The van der Waals surface area contributed by atoms with Gasteiger partial charge >= 0.3 is 0 Å². The minimum Gasteiger partial charge on any atom is -0.366 e. The van der Waals surface area contributed by atoms with Crippen LogP contribution in [-0.2, 0) is 9.59 Å². The van der Waals surface area contributed by atoms with Gasteiger partial charge in [-0.05, 0) is 36.8 Å². The zero-order chi connectivity index (χ0) is 12.0. The highest BCUT2D eigenvalue weighted by Crippen LogP contribution is 2.31. The Morgan fingerprint density at radius 1 is 0.875 bits per heavy atom. The molecule has 4 heteroatoms. The van der Waals surface area contributed by atoms with Gasteiger partial charge in [0, 0.05) is 0 Å². The Labute approximate surface area is 95.4 Å². The molecule has 0 spiro atoms. The Kier molecular flexibility index (Phi) is 4.76. The van der Waals surface area contributed by atoms with Crippen LogP contribution in [0, 0.1) is 11.8 Å². The summed E-state index contributed by atoms with van der Waals surface area (Å²) in [4.78, 5) is 21.3. The van der Waals surface area contributed by atoms with E-state index in [4.69, 9.17) is 11.5 Å². The molecule has 2 atom stereocenters. The smallest absolute Gasteiger partial charge is 0.241 e. The minimum atomic E-state index is -0.428. The maximum Gasteiger partial charge on any atom is 0.241 e. The van der Waals surface area contributed by atoms with Gasteiger partial charge in [-0.15, -0.1) is 0 Å². The second kappa shape index (κ2) is 6.10. The lowest BCUT2D eigenvalue weighted by molar-refractivity contribution is -0.114. The lowest BCUT2D eigenvalue weighted by atomic mass is 9.79. The number of nitrogens with two attached hydrogens (primary N) is 2. The van der Waals surface area contributed by atoms with Crippen LogP contribution in [0.5, 0.6) is 0 Å². The van der Waals surface area contributed by atoms with Crippen molar-refractivity contribution in [1.29, 1.82) is 0 Å². The number of allylic oxidation sites excluding steroid dienone is 2. The van der Waals surface area contributed by atoms with Gasteiger partial charge in [-0.3, -0.25) is 9.59 Å². The molecule has 88 valence electrons. The molecule has 2 amide bonds. The van der Waals surface area contributed by atoms with E-state index in [2.05, 4.69) is 0 Å². The second-order valence-electron chi connectivity index (χ2n) is 4.14. The van der Waals surface area contributed by atoms with Gasteiger partial charge in [0.15, 0.2) is 0 Å². The fourth-order valence-electron chi connectivity index (χ4n) is 2.10. The van der Waals surface area contributed by atoms with Gasteiger partial charge in [-0.25, -0.2) is 0 Å². The Morgan fingerprint density at radius 2 is 1.25 bits per heavy atom. The number of primary amides is 2. The van der Waals surface area contributed by atoms with Crippen LogP contribution in [0.15, 0.2) is 24.3 Å². The van der Waals surface area contributed by atoms with Crippen LogP contribution in [0.1, 0.15) is 25.7 Å². The number of carbonyl (C=O) groups is 2. The van der Waals surface area contributed by atoms with E-state index in [0.29, 0.717) is 0 Å². The number of hydrogen-bond donors (Lipinski definition) is 2. The van der Waals surface area contributed by atoms with E-state index in [0.717, 1.165) is 25.7 Å². The molecule has 1 aliphatic carbocycles. The van der Waals surface area contributed by atoms with Gasteiger partial charge in [0.05, 0.1) is 0 Å². The molecular formula is C12H18N2O2. The van der Waals surface area contributed by atoms with Crippen molar-refractivity contribution in [2.24, 2.45) is 23.3 Å². The van der Waals surface area contributed by atoms with E-state index >= 15 is 0 Å². The molecule has 4 nitrogen and oxygen atoms in total. The molecule has 0 aromatic carbocycles. The maximum absolute atomic E-state index is 10.7. The summed E-state index contributed by atoms with van der Waals surface area (Å²) in [6.07, 6.45) is 10.8. The molecule has 0 heterocycles. The number of carbonyl (C=O) groups excluding carboxylic acids is 2. The van der Waals surface area contributed by atoms with Crippen LogP contribution in [0.3, 0.4) is 0 Å². The lowest BCUT2D eigenvalue weighted by Gasteiger charge is -2.26. The largest absolute Gasteiger partial charge is 0.366 e. The normalized spacial score (nSPS) is 26.2. The van der Waals surface area contributed by atoms with E-state index in [-0.39, 0.29) is 11.8 Å². The average molecular weight is 222 g/mol. The molecule has 16 heavy (non-hydrogen) atoms. The third-order valence-corrected chi connectivity index (χ3v) is 2.89. The maximum atomic E-state index is 10.7. The molecule has 0 radical (unpaired) electrons. The minimum absolute atomic E-state index is 0.289. The Bertz CT molecular complexity index is 289. The number of amides is 2. The monoisotopic (exact) mass is 222 g/mol. The average Bonchev–Trinajstić information content (AvgIpc) is 2.24. The predicted molar refractivity (Wildman–Crippen MR) is 62.1 cm³/mol. The summed E-state index contributed by atoms with van der Waals surface area (Å²) < 4.78 is 0. The predicted octanol–water partition coefficient (Wildman–Crippen LogP) is 0.876. The summed E-state index contributed by atoms with van der Waals surface area (Å²) in [5.74, 6) is -0.278. The molecule has 0 aromatic heterocycles. The molecule has 1 fully saturated rings.